The molecular weight excluding hydrogens is 302 g/mol. The number of hydrogen-bond donors (Lipinski definition) is 1. The van der Waals surface area contributed by atoms with Crippen LogP contribution in [0.2, 0.25) is 0 Å². The summed E-state index contributed by atoms with van der Waals surface area (Å²) in [4.78, 5) is 21.7. The van der Waals surface area contributed by atoms with Crippen molar-refractivity contribution in [1.82, 2.24) is 0 Å². The minimum absolute atomic E-state index is 0.110. The Bertz CT molecular complexity index is 474. The number of amides is 1. The fourth-order valence-electron chi connectivity index (χ4n) is 1.64. The molecular formula is C16H23NO6. The summed E-state index contributed by atoms with van der Waals surface area (Å²) in [6, 6.07) is 7.10. The molecule has 0 unspecified atom stereocenters. The molecule has 1 amide bonds. The quantitative estimate of drug-likeness (QED) is 0.492. The third-order valence-corrected chi connectivity index (χ3v) is 2.72. The van der Waals surface area contributed by atoms with E-state index in [0.29, 0.717) is 38.8 Å². The van der Waals surface area contributed by atoms with Crippen molar-refractivity contribution in [3.05, 3.63) is 24.3 Å². The van der Waals surface area contributed by atoms with Gasteiger partial charge in [0.2, 0.25) is 5.91 Å². The van der Waals surface area contributed by atoms with E-state index < -0.39 is 0 Å². The molecule has 1 rings (SSSR count). The van der Waals surface area contributed by atoms with Crippen molar-refractivity contribution in [3.8, 4) is 5.75 Å². The van der Waals surface area contributed by atoms with Crippen LogP contribution in [0, 0.1) is 0 Å². The molecule has 0 saturated carbocycles. The van der Waals surface area contributed by atoms with E-state index in [0.717, 1.165) is 5.69 Å². The number of carbonyl (C=O) groups is 2. The lowest BCUT2D eigenvalue weighted by Crippen LogP contribution is -2.12. The summed E-state index contributed by atoms with van der Waals surface area (Å²) in [5.74, 6) is 0.307. The van der Waals surface area contributed by atoms with Crippen molar-refractivity contribution in [2.75, 3.05) is 45.5 Å². The van der Waals surface area contributed by atoms with Crippen molar-refractivity contribution >= 4 is 17.6 Å². The lowest BCUT2D eigenvalue weighted by Gasteiger charge is -2.08. The van der Waals surface area contributed by atoms with Gasteiger partial charge in [0.1, 0.15) is 12.4 Å². The predicted molar refractivity (Wildman–Crippen MR) is 84.5 cm³/mol. The number of nitrogens with one attached hydrogen (secondary N) is 1. The molecule has 0 aromatic heterocycles. The van der Waals surface area contributed by atoms with E-state index in [9.17, 15) is 9.59 Å². The minimum atomic E-state index is -0.288. The molecule has 1 aromatic rings. The van der Waals surface area contributed by atoms with Crippen molar-refractivity contribution in [2.24, 2.45) is 0 Å². The van der Waals surface area contributed by atoms with Crippen molar-refractivity contribution in [2.45, 2.75) is 13.3 Å². The van der Waals surface area contributed by atoms with Gasteiger partial charge in [0.15, 0.2) is 0 Å². The van der Waals surface area contributed by atoms with E-state index in [1.165, 1.54) is 14.0 Å². The summed E-state index contributed by atoms with van der Waals surface area (Å²) < 4.78 is 20.5. The van der Waals surface area contributed by atoms with Crippen LogP contribution in [0.3, 0.4) is 0 Å². The monoisotopic (exact) mass is 325 g/mol. The van der Waals surface area contributed by atoms with E-state index in [-0.39, 0.29) is 18.3 Å². The highest BCUT2D eigenvalue weighted by Gasteiger charge is 2.00. The van der Waals surface area contributed by atoms with Gasteiger partial charge in [-0.15, -0.1) is 0 Å². The van der Waals surface area contributed by atoms with Crippen LogP contribution in [-0.2, 0) is 23.8 Å². The Morgan fingerprint density at radius 1 is 0.957 bits per heavy atom. The maximum atomic E-state index is 10.9. The Hall–Kier alpha value is -2.12. The van der Waals surface area contributed by atoms with Gasteiger partial charge in [-0.1, -0.05) is 0 Å². The largest absolute Gasteiger partial charge is 0.491 e. The average Bonchev–Trinajstić information content (AvgIpc) is 2.54. The minimum Gasteiger partial charge on any atom is -0.491 e. The molecule has 0 aliphatic carbocycles. The number of hydrogen-bond acceptors (Lipinski definition) is 6. The summed E-state index contributed by atoms with van der Waals surface area (Å²) in [5, 5.41) is 2.68. The normalized spacial score (nSPS) is 10.2. The molecule has 0 bridgehead atoms. The topological polar surface area (TPSA) is 83.1 Å². The SMILES string of the molecule is COC(=O)CCOCCOCCOc1ccc(NC(C)=O)cc1. The molecule has 0 aliphatic rings. The Morgan fingerprint density at radius 2 is 1.57 bits per heavy atom. The van der Waals surface area contributed by atoms with Crippen LogP contribution in [0.5, 0.6) is 5.75 Å². The number of methoxy groups -OCH3 is 1. The van der Waals surface area contributed by atoms with E-state index in [4.69, 9.17) is 14.2 Å². The second kappa shape index (κ2) is 11.4. The Kier molecular flexibility index (Phi) is 9.42. The molecule has 7 nitrogen and oxygen atoms in total. The number of carbonyl (C=O) groups excluding carboxylic acids is 2. The zero-order valence-corrected chi connectivity index (χ0v) is 13.5. The first-order valence-electron chi connectivity index (χ1n) is 7.34. The van der Waals surface area contributed by atoms with Crippen molar-refractivity contribution in [1.29, 1.82) is 0 Å². The molecule has 0 radical (unpaired) electrons. The summed E-state index contributed by atoms with van der Waals surface area (Å²) in [7, 11) is 1.35. The van der Waals surface area contributed by atoms with Gasteiger partial charge in [0.25, 0.3) is 0 Å². The first kappa shape index (κ1) is 18.9. The molecule has 0 atom stereocenters. The van der Waals surface area contributed by atoms with Gasteiger partial charge in [0, 0.05) is 12.6 Å². The van der Waals surface area contributed by atoms with Crippen LogP contribution in [-0.4, -0.2) is 52.0 Å². The molecule has 0 saturated heterocycles. The Balaban J connectivity index is 2.00. The first-order chi connectivity index (χ1) is 11.1. The number of benzene rings is 1. The standard InChI is InChI=1S/C16H23NO6/c1-13(18)17-14-3-5-15(6-4-14)23-12-11-22-10-9-21-8-7-16(19)20-2/h3-6H,7-12H2,1-2H3,(H,17,18). The predicted octanol–water partition coefficient (Wildman–Crippen LogP) is 1.62. The highest BCUT2D eigenvalue weighted by molar-refractivity contribution is 5.88. The number of ether oxygens (including phenoxy) is 4. The van der Waals surface area contributed by atoms with Crippen LogP contribution in [0.4, 0.5) is 5.69 Å². The van der Waals surface area contributed by atoms with Gasteiger partial charge in [-0.05, 0) is 24.3 Å². The second-order valence-corrected chi connectivity index (χ2v) is 4.60. The lowest BCUT2D eigenvalue weighted by molar-refractivity contribution is -0.141. The van der Waals surface area contributed by atoms with Crippen LogP contribution < -0.4 is 10.1 Å². The molecule has 23 heavy (non-hydrogen) atoms. The zero-order chi connectivity index (χ0) is 16.9. The summed E-state index contributed by atoms with van der Waals surface area (Å²) >= 11 is 0. The molecule has 1 aromatic carbocycles. The van der Waals surface area contributed by atoms with Gasteiger partial charge < -0.3 is 24.3 Å². The third kappa shape index (κ3) is 9.49. The maximum Gasteiger partial charge on any atom is 0.307 e. The van der Waals surface area contributed by atoms with Gasteiger partial charge in [-0.3, -0.25) is 9.59 Å². The van der Waals surface area contributed by atoms with Gasteiger partial charge in [-0.2, -0.15) is 0 Å². The fraction of sp³-hybridized carbons (Fsp3) is 0.500. The molecule has 7 heteroatoms. The van der Waals surface area contributed by atoms with Gasteiger partial charge in [-0.25, -0.2) is 0 Å². The first-order valence-corrected chi connectivity index (χ1v) is 7.34. The van der Waals surface area contributed by atoms with Crippen molar-refractivity contribution < 1.29 is 28.5 Å². The molecule has 0 heterocycles. The highest BCUT2D eigenvalue weighted by Crippen LogP contribution is 2.15. The lowest BCUT2D eigenvalue weighted by atomic mass is 10.3. The molecule has 1 N–H and O–H groups in total. The highest BCUT2D eigenvalue weighted by atomic mass is 16.5. The van der Waals surface area contributed by atoms with E-state index in [1.54, 1.807) is 24.3 Å². The van der Waals surface area contributed by atoms with Crippen LogP contribution >= 0.6 is 0 Å². The van der Waals surface area contributed by atoms with Crippen LogP contribution in [0.25, 0.3) is 0 Å². The van der Waals surface area contributed by atoms with E-state index in [2.05, 4.69) is 10.1 Å². The molecule has 128 valence electrons. The number of anilines is 1. The van der Waals surface area contributed by atoms with Gasteiger partial charge >= 0.3 is 5.97 Å². The van der Waals surface area contributed by atoms with Gasteiger partial charge in [0.05, 0.1) is 40.0 Å². The fourth-order valence-corrected chi connectivity index (χ4v) is 1.64. The third-order valence-electron chi connectivity index (χ3n) is 2.72. The summed E-state index contributed by atoms with van der Waals surface area (Å²) in [6.45, 7) is 3.50. The van der Waals surface area contributed by atoms with Crippen LogP contribution in [0.15, 0.2) is 24.3 Å². The maximum absolute atomic E-state index is 10.9. The Labute approximate surface area is 135 Å². The molecule has 0 spiro atoms. The number of esters is 1. The van der Waals surface area contributed by atoms with Crippen molar-refractivity contribution in [3.63, 3.8) is 0 Å². The average molecular weight is 325 g/mol. The molecule has 0 aliphatic heterocycles. The van der Waals surface area contributed by atoms with Crippen LogP contribution in [0.1, 0.15) is 13.3 Å². The summed E-state index contributed by atoms with van der Waals surface area (Å²) in [6.07, 6.45) is 0.244. The smallest absolute Gasteiger partial charge is 0.307 e. The molecule has 0 fully saturated rings. The van der Waals surface area contributed by atoms with E-state index >= 15 is 0 Å². The Morgan fingerprint density at radius 3 is 2.17 bits per heavy atom. The second-order valence-electron chi connectivity index (χ2n) is 4.60. The summed E-state index contributed by atoms with van der Waals surface area (Å²) in [5.41, 5.74) is 0.727. The number of rotatable bonds is 11. The van der Waals surface area contributed by atoms with E-state index in [1.807, 2.05) is 0 Å². The zero-order valence-electron chi connectivity index (χ0n) is 13.5.